The van der Waals surface area contributed by atoms with Gasteiger partial charge in [0.25, 0.3) is 0 Å². The number of halogens is 2. The third kappa shape index (κ3) is 2.85. The molecular formula is C13H12F2N2OS. The van der Waals surface area contributed by atoms with Crippen molar-refractivity contribution in [1.29, 1.82) is 0 Å². The van der Waals surface area contributed by atoms with Crippen molar-refractivity contribution in [3.8, 4) is 10.6 Å². The zero-order chi connectivity index (χ0) is 14.0. The van der Waals surface area contributed by atoms with Crippen molar-refractivity contribution in [2.24, 2.45) is 0 Å². The summed E-state index contributed by atoms with van der Waals surface area (Å²) in [5.74, 6) is -1.36. The van der Waals surface area contributed by atoms with E-state index in [1.165, 1.54) is 18.2 Å². The molecule has 0 radical (unpaired) electrons. The third-order valence-electron chi connectivity index (χ3n) is 2.48. The van der Waals surface area contributed by atoms with Crippen LogP contribution in [0.2, 0.25) is 0 Å². The number of thiazole rings is 1. The van der Waals surface area contributed by atoms with Gasteiger partial charge in [-0.25, -0.2) is 13.8 Å². The number of hydrogen-bond donors (Lipinski definition) is 0. The van der Waals surface area contributed by atoms with Gasteiger partial charge in [-0.15, -0.1) is 11.3 Å². The molecule has 0 fully saturated rings. The van der Waals surface area contributed by atoms with Crippen molar-refractivity contribution >= 4 is 17.6 Å². The van der Waals surface area contributed by atoms with Gasteiger partial charge in [0.2, 0.25) is 0 Å². The maximum atomic E-state index is 13.7. The smallest absolute Gasteiger partial charge is 0.161 e. The number of carbonyl (C=O) groups excluding carboxylic acids is 1. The van der Waals surface area contributed by atoms with E-state index >= 15 is 0 Å². The standard InChI is InChI=1S/C13H12F2N2OS/c1-17(2)6-10-11(7-18)19-13(16-10)12-8(14)4-3-5-9(12)15/h3-5,7H,6H2,1-2H3. The highest BCUT2D eigenvalue weighted by atomic mass is 32.1. The monoisotopic (exact) mass is 282 g/mol. The molecule has 0 saturated heterocycles. The molecule has 6 heteroatoms. The van der Waals surface area contributed by atoms with E-state index in [9.17, 15) is 13.6 Å². The van der Waals surface area contributed by atoms with Gasteiger partial charge in [0, 0.05) is 6.54 Å². The van der Waals surface area contributed by atoms with Crippen LogP contribution in [0.4, 0.5) is 8.78 Å². The van der Waals surface area contributed by atoms with Crippen molar-refractivity contribution in [3.63, 3.8) is 0 Å². The van der Waals surface area contributed by atoms with E-state index in [1.807, 2.05) is 19.0 Å². The lowest BCUT2D eigenvalue weighted by atomic mass is 10.2. The average molecular weight is 282 g/mol. The molecule has 1 aromatic carbocycles. The van der Waals surface area contributed by atoms with Crippen LogP contribution in [0.5, 0.6) is 0 Å². The number of hydrogen-bond acceptors (Lipinski definition) is 4. The van der Waals surface area contributed by atoms with Crippen molar-refractivity contribution in [2.75, 3.05) is 14.1 Å². The van der Waals surface area contributed by atoms with E-state index in [4.69, 9.17) is 0 Å². The molecule has 0 aliphatic heterocycles. The fourth-order valence-electron chi connectivity index (χ4n) is 1.68. The predicted molar refractivity (Wildman–Crippen MR) is 70.2 cm³/mol. The SMILES string of the molecule is CN(C)Cc1nc(-c2c(F)cccc2F)sc1C=O. The van der Waals surface area contributed by atoms with Crippen molar-refractivity contribution in [3.05, 3.63) is 40.4 Å². The van der Waals surface area contributed by atoms with E-state index in [1.54, 1.807) is 0 Å². The lowest BCUT2D eigenvalue weighted by Gasteiger charge is -2.06. The first-order valence-electron chi connectivity index (χ1n) is 5.57. The Hall–Kier alpha value is -1.66. The Kier molecular flexibility index (Phi) is 4.01. The molecule has 100 valence electrons. The second-order valence-corrected chi connectivity index (χ2v) is 5.31. The molecule has 19 heavy (non-hydrogen) atoms. The van der Waals surface area contributed by atoms with E-state index in [0.717, 1.165) is 11.3 Å². The quantitative estimate of drug-likeness (QED) is 0.808. The number of carbonyl (C=O) groups is 1. The zero-order valence-electron chi connectivity index (χ0n) is 10.5. The van der Waals surface area contributed by atoms with Gasteiger partial charge in [0.15, 0.2) is 6.29 Å². The fraction of sp³-hybridized carbons (Fsp3) is 0.231. The summed E-state index contributed by atoms with van der Waals surface area (Å²) in [6, 6.07) is 3.64. The van der Waals surface area contributed by atoms with Crippen LogP contribution in [-0.4, -0.2) is 30.3 Å². The van der Waals surface area contributed by atoms with Crippen LogP contribution in [-0.2, 0) is 6.54 Å². The highest BCUT2D eigenvalue weighted by Gasteiger charge is 2.18. The normalized spacial score (nSPS) is 11.0. The molecule has 1 aromatic heterocycles. The molecule has 0 aliphatic carbocycles. The summed E-state index contributed by atoms with van der Waals surface area (Å²) in [6.07, 6.45) is 0.665. The van der Waals surface area contributed by atoms with Crippen LogP contribution in [0.25, 0.3) is 10.6 Å². The summed E-state index contributed by atoms with van der Waals surface area (Å²) in [4.78, 5) is 17.4. The first kappa shape index (κ1) is 13.8. The van der Waals surface area contributed by atoms with Crippen LogP contribution < -0.4 is 0 Å². The highest BCUT2D eigenvalue weighted by molar-refractivity contribution is 7.16. The maximum Gasteiger partial charge on any atom is 0.161 e. The minimum atomic E-state index is -0.678. The van der Waals surface area contributed by atoms with Gasteiger partial charge in [0.1, 0.15) is 16.6 Å². The van der Waals surface area contributed by atoms with Crippen LogP contribution in [0.1, 0.15) is 15.4 Å². The number of benzene rings is 1. The molecule has 0 aliphatic rings. The summed E-state index contributed by atoms with van der Waals surface area (Å²) < 4.78 is 27.3. The second kappa shape index (κ2) is 5.54. The molecule has 1 heterocycles. The van der Waals surface area contributed by atoms with E-state index < -0.39 is 11.6 Å². The summed E-state index contributed by atoms with van der Waals surface area (Å²) in [6.45, 7) is 0.445. The molecule has 0 N–H and O–H groups in total. The zero-order valence-corrected chi connectivity index (χ0v) is 11.3. The average Bonchev–Trinajstić information content (AvgIpc) is 2.71. The molecule has 0 unspecified atom stereocenters. The topological polar surface area (TPSA) is 33.2 Å². The molecule has 0 spiro atoms. The lowest BCUT2D eigenvalue weighted by Crippen LogP contribution is -2.12. The molecular weight excluding hydrogens is 270 g/mol. The van der Waals surface area contributed by atoms with Crippen molar-refractivity contribution in [1.82, 2.24) is 9.88 Å². The Bertz CT molecular complexity index is 590. The van der Waals surface area contributed by atoms with E-state index in [-0.39, 0.29) is 10.6 Å². The van der Waals surface area contributed by atoms with Gasteiger partial charge in [-0.2, -0.15) is 0 Å². The maximum absolute atomic E-state index is 13.7. The lowest BCUT2D eigenvalue weighted by molar-refractivity contribution is 0.112. The van der Waals surface area contributed by atoms with Gasteiger partial charge >= 0.3 is 0 Å². The first-order chi connectivity index (χ1) is 9.02. The number of nitrogens with zero attached hydrogens (tertiary/aromatic N) is 2. The Morgan fingerprint density at radius 1 is 1.32 bits per heavy atom. The molecule has 2 rings (SSSR count). The Morgan fingerprint density at radius 2 is 1.95 bits per heavy atom. The predicted octanol–water partition coefficient (Wildman–Crippen LogP) is 2.96. The van der Waals surface area contributed by atoms with E-state index in [2.05, 4.69) is 4.98 Å². The minimum absolute atomic E-state index is 0.180. The summed E-state index contributed by atoms with van der Waals surface area (Å²) in [7, 11) is 3.66. The number of aromatic nitrogens is 1. The second-order valence-electron chi connectivity index (χ2n) is 4.28. The van der Waals surface area contributed by atoms with Crippen LogP contribution >= 0.6 is 11.3 Å². The summed E-state index contributed by atoms with van der Waals surface area (Å²) >= 11 is 0.997. The highest BCUT2D eigenvalue weighted by Crippen LogP contribution is 2.31. The largest absolute Gasteiger partial charge is 0.304 e. The van der Waals surface area contributed by atoms with E-state index in [0.29, 0.717) is 23.4 Å². The Morgan fingerprint density at radius 3 is 2.47 bits per heavy atom. The minimum Gasteiger partial charge on any atom is -0.304 e. The molecule has 3 nitrogen and oxygen atoms in total. The summed E-state index contributed by atoms with van der Waals surface area (Å²) in [5, 5.41) is 0.189. The van der Waals surface area contributed by atoms with Gasteiger partial charge in [-0.1, -0.05) is 6.07 Å². The summed E-state index contributed by atoms with van der Waals surface area (Å²) in [5.41, 5.74) is 0.350. The first-order valence-corrected chi connectivity index (χ1v) is 6.38. The fourth-order valence-corrected chi connectivity index (χ4v) is 2.61. The van der Waals surface area contributed by atoms with Gasteiger partial charge in [-0.05, 0) is 26.2 Å². The molecule has 2 aromatic rings. The van der Waals surface area contributed by atoms with Crippen molar-refractivity contribution in [2.45, 2.75) is 6.54 Å². The number of rotatable bonds is 4. The number of aldehydes is 1. The molecule has 0 amide bonds. The molecule has 0 atom stereocenters. The van der Waals surface area contributed by atoms with Gasteiger partial charge < -0.3 is 4.90 Å². The Balaban J connectivity index is 2.52. The van der Waals surface area contributed by atoms with Crippen LogP contribution in [0.3, 0.4) is 0 Å². The van der Waals surface area contributed by atoms with Crippen LogP contribution in [0.15, 0.2) is 18.2 Å². The van der Waals surface area contributed by atoms with Gasteiger partial charge in [0.05, 0.1) is 16.1 Å². The van der Waals surface area contributed by atoms with Crippen LogP contribution in [0, 0.1) is 11.6 Å². The Labute approximate surface area is 113 Å². The molecule has 0 saturated carbocycles. The molecule has 0 bridgehead atoms. The van der Waals surface area contributed by atoms with Gasteiger partial charge in [-0.3, -0.25) is 4.79 Å². The third-order valence-corrected chi connectivity index (χ3v) is 3.52. The van der Waals surface area contributed by atoms with Crippen molar-refractivity contribution < 1.29 is 13.6 Å².